The Morgan fingerprint density at radius 2 is 2.04 bits per heavy atom. The Morgan fingerprint density at radius 3 is 2.65 bits per heavy atom. The van der Waals surface area contributed by atoms with Crippen LogP contribution in [0.15, 0.2) is 40.2 Å². The Balaban J connectivity index is 2.12. The summed E-state index contributed by atoms with van der Waals surface area (Å²) in [5.74, 6) is -0.457. The number of hydrogen-bond acceptors (Lipinski definition) is 5. The molecule has 0 radical (unpaired) electrons. The molecule has 26 heavy (non-hydrogen) atoms. The number of amides is 1. The molecule has 0 aliphatic heterocycles. The minimum absolute atomic E-state index is 0.0200. The standard InChI is InChI=1S/C19H20N4O3/c1-13-4-6-15(7-5-13)10-21-22-18(24)11-23-14(2)8-16(12-26-3)17(9-20)19(23)25/h4-8,10H,11-12H2,1-3H3,(H,22,24). The van der Waals surface area contributed by atoms with Gasteiger partial charge in [0.2, 0.25) is 0 Å². The molecule has 7 heteroatoms. The smallest absolute Gasteiger partial charge is 0.269 e. The van der Waals surface area contributed by atoms with Crippen LogP contribution in [-0.2, 0) is 22.7 Å². The number of pyridine rings is 1. The van der Waals surface area contributed by atoms with Crippen molar-refractivity contribution in [2.75, 3.05) is 7.11 Å². The Hall–Kier alpha value is -3.24. The largest absolute Gasteiger partial charge is 0.380 e. The molecule has 2 aromatic rings. The average molecular weight is 352 g/mol. The maximum Gasteiger partial charge on any atom is 0.269 e. The topological polar surface area (TPSA) is 96.5 Å². The Morgan fingerprint density at radius 1 is 1.35 bits per heavy atom. The van der Waals surface area contributed by atoms with Crippen LogP contribution in [0.3, 0.4) is 0 Å². The molecule has 0 saturated heterocycles. The van der Waals surface area contributed by atoms with E-state index in [1.54, 1.807) is 13.0 Å². The van der Waals surface area contributed by atoms with Crippen molar-refractivity contribution < 1.29 is 9.53 Å². The van der Waals surface area contributed by atoms with Gasteiger partial charge in [0.15, 0.2) is 0 Å². The lowest BCUT2D eigenvalue weighted by Gasteiger charge is -2.12. The van der Waals surface area contributed by atoms with Gasteiger partial charge in [0, 0.05) is 18.4 Å². The highest BCUT2D eigenvalue weighted by Crippen LogP contribution is 2.08. The van der Waals surface area contributed by atoms with E-state index in [-0.39, 0.29) is 18.7 Å². The third kappa shape index (κ3) is 4.65. The molecule has 0 spiro atoms. The number of nitrogens with zero attached hydrogens (tertiary/aromatic N) is 3. The molecule has 134 valence electrons. The molecule has 0 unspecified atom stereocenters. The number of hydrazone groups is 1. The lowest BCUT2D eigenvalue weighted by molar-refractivity contribution is -0.121. The number of methoxy groups -OCH3 is 1. The summed E-state index contributed by atoms with van der Waals surface area (Å²) in [4.78, 5) is 24.5. The van der Waals surface area contributed by atoms with Crippen LogP contribution >= 0.6 is 0 Å². The van der Waals surface area contributed by atoms with Gasteiger partial charge in [0.05, 0.1) is 12.8 Å². The van der Waals surface area contributed by atoms with E-state index in [1.165, 1.54) is 17.9 Å². The van der Waals surface area contributed by atoms with Crippen LogP contribution in [0.25, 0.3) is 0 Å². The van der Waals surface area contributed by atoms with E-state index in [0.717, 1.165) is 11.1 Å². The second-order valence-corrected chi connectivity index (χ2v) is 5.83. The SMILES string of the molecule is COCc1cc(C)n(CC(=O)NN=Cc2ccc(C)cc2)c(=O)c1C#N. The summed E-state index contributed by atoms with van der Waals surface area (Å²) in [6, 6.07) is 11.2. The van der Waals surface area contributed by atoms with Crippen molar-refractivity contribution in [3.8, 4) is 6.07 Å². The van der Waals surface area contributed by atoms with Crippen molar-refractivity contribution >= 4 is 12.1 Å². The number of ether oxygens (including phenoxy) is 1. The summed E-state index contributed by atoms with van der Waals surface area (Å²) < 4.78 is 6.25. The van der Waals surface area contributed by atoms with Gasteiger partial charge in [-0.1, -0.05) is 29.8 Å². The van der Waals surface area contributed by atoms with Crippen molar-refractivity contribution in [1.82, 2.24) is 9.99 Å². The van der Waals surface area contributed by atoms with Gasteiger partial charge in [-0.05, 0) is 25.5 Å². The average Bonchev–Trinajstić information content (AvgIpc) is 2.61. The molecule has 0 bridgehead atoms. The first-order chi connectivity index (χ1) is 12.5. The van der Waals surface area contributed by atoms with Crippen LogP contribution in [0.1, 0.15) is 27.9 Å². The monoisotopic (exact) mass is 352 g/mol. The van der Waals surface area contributed by atoms with E-state index >= 15 is 0 Å². The third-order valence-electron chi connectivity index (χ3n) is 3.78. The summed E-state index contributed by atoms with van der Waals surface area (Å²) in [6.45, 7) is 3.62. The lowest BCUT2D eigenvalue weighted by Crippen LogP contribution is -2.33. The van der Waals surface area contributed by atoms with E-state index in [2.05, 4.69) is 10.5 Å². The lowest BCUT2D eigenvalue weighted by atomic mass is 10.1. The fourth-order valence-corrected chi connectivity index (χ4v) is 2.43. The zero-order valence-corrected chi connectivity index (χ0v) is 14.9. The van der Waals surface area contributed by atoms with Gasteiger partial charge in [0.1, 0.15) is 18.2 Å². The number of aromatic nitrogens is 1. The van der Waals surface area contributed by atoms with Crippen molar-refractivity contribution in [3.63, 3.8) is 0 Å². The van der Waals surface area contributed by atoms with Crippen molar-refractivity contribution in [3.05, 3.63) is 68.6 Å². The third-order valence-corrected chi connectivity index (χ3v) is 3.78. The van der Waals surface area contributed by atoms with E-state index in [4.69, 9.17) is 4.74 Å². The van der Waals surface area contributed by atoms with Crippen molar-refractivity contribution in [2.24, 2.45) is 5.10 Å². The Bertz CT molecular complexity index is 922. The predicted octanol–water partition coefficient (Wildman–Crippen LogP) is 1.63. The highest BCUT2D eigenvalue weighted by Gasteiger charge is 2.14. The highest BCUT2D eigenvalue weighted by atomic mass is 16.5. The molecule has 2 rings (SSSR count). The minimum Gasteiger partial charge on any atom is -0.380 e. The van der Waals surface area contributed by atoms with Gasteiger partial charge in [-0.25, -0.2) is 5.43 Å². The normalized spacial score (nSPS) is 10.7. The molecular weight excluding hydrogens is 332 g/mol. The van der Waals surface area contributed by atoms with Gasteiger partial charge < -0.3 is 9.30 Å². The second kappa shape index (κ2) is 8.74. The van der Waals surface area contributed by atoms with Crippen LogP contribution < -0.4 is 11.0 Å². The summed E-state index contributed by atoms with van der Waals surface area (Å²) in [6.07, 6.45) is 1.52. The van der Waals surface area contributed by atoms with Crippen molar-refractivity contribution in [1.29, 1.82) is 5.26 Å². The first kappa shape index (κ1) is 19.1. The summed E-state index contributed by atoms with van der Waals surface area (Å²) >= 11 is 0. The van der Waals surface area contributed by atoms with Crippen molar-refractivity contribution in [2.45, 2.75) is 27.0 Å². The molecule has 1 heterocycles. The molecule has 0 atom stereocenters. The molecule has 1 N–H and O–H groups in total. The molecule has 1 aromatic carbocycles. The number of rotatable bonds is 6. The molecule has 0 aliphatic carbocycles. The Labute approximate surface area is 151 Å². The van der Waals surface area contributed by atoms with Gasteiger partial charge >= 0.3 is 0 Å². The summed E-state index contributed by atoms with van der Waals surface area (Å²) in [7, 11) is 1.49. The zero-order chi connectivity index (χ0) is 19.1. The van der Waals surface area contributed by atoms with Gasteiger partial charge in [-0.15, -0.1) is 0 Å². The molecule has 0 fully saturated rings. The maximum atomic E-state index is 12.4. The van der Waals surface area contributed by atoms with Gasteiger partial charge in [0.25, 0.3) is 11.5 Å². The zero-order valence-electron chi connectivity index (χ0n) is 14.9. The molecule has 1 aromatic heterocycles. The molecule has 7 nitrogen and oxygen atoms in total. The molecule has 1 amide bonds. The van der Waals surface area contributed by atoms with Crippen LogP contribution in [0, 0.1) is 25.2 Å². The number of benzene rings is 1. The predicted molar refractivity (Wildman–Crippen MR) is 97.8 cm³/mol. The summed E-state index contributed by atoms with van der Waals surface area (Å²) in [5, 5.41) is 13.1. The van der Waals surface area contributed by atoms with Crippen LogP contribution in [-0.4, -0.2) is 23.8 Å². The number of nitrogens with one attached hydrogen (secondary N) is 1. The number of aryl methyl sites for hydroxylation is 2. The fourth-order valence-electron chi connectivity index (χ4n) is 2.43. The number of hydrogen-bond donors (Lipinski definition) is 1. The summed E-state index contributed by atoms with van der Waals surface area (Å²) in [5.41, 5.74) is 4.90. The van der Waals surface area contributed by atoms with Crippen LogP contribution in [0.5, 0.6) is 0 Å². The Kier molecular flexibility index (Phi) is 6.42. The second-order valence-electron chi connectivity index (χ2n) is 5.83. The van der Waals surface area contributed by atoms with E-state index in [9.17, 15) is 14.9 Å². The highest BCUT2D eigenvalue weighted by molar-refractivity contribution is 5.82. The maximum absolute atomic E-state index is 12.4. The molecular formula is C19H20N4O3. The fraction of sp³-hybridized carbons (Fsp3) is 0.263. The first-order valence-electron chi connectivity index (χ1n) is 7.97. The molecule has 0 aliphatic rings. The van der Waals surface area contributed by atoms with E-state index in [1.807, 2.05) is 37.3 Å². The minimum atomic E-state index is -0.516. The molecule has 0 saturated carbocycles. The number of nitriles is 1. The van der Waals surface area contributed by atoms with Crippen LogP contribution in [0.2, 0.25) is 0 Å². The number of carbonyl (C=O) groups excluding carboxylic acids is 1. The van der Waals surface area contributed by atoms with Gasteiger partial charge in [-0.3, -0.25) is 9.59 Å². The van der Waals surface area contributed by atoms with E-state index < -0.39 is 11.5 Å². The van der Waals surface area contributed by atoms with Crippen LogP contribution in [0.4, 0.5) is 0 Å². The first-order valence-corrected chi connectivity index (χ1v) is 7.97. The number of carbonyl (C=O) groups is 1. The van der Waals surface area contributed by atoms with Gasteiger partial charge in [-0.2, -0.15) is 10.4 Å². The van der Waals surface area contributed by atoms with E-state index in [0.29, 0.717) is 11.3 Å². The quantitative estimate of drug-likeness (QED) is 0.631.